The lowest BCUT2D eigenvalue weighted by Crippen LogP contribution is -2.05. The van der Waals surface area contributed by atoms with Gasteiger partial charge in [0.1, 0.15) is 0 Å². The van der Waals surface area contributed by atoms with E-state index in [4.69, 9.17) is 4.74 Å². The van der Waals surface area contributed by atoms with Crippen LogP contribution in [0, 0.1) is 6.92 Å². The number of carbonyl (C=O) groups excluding carboxylic acids is 1. The highest BCUT2D eigenvalue weighted by Gasteiger charge is 2.13. The third kappa shape index (κ3) is 5.65. The Kier molecular flexibility index (Phi) is 7.28. The van der Waals surface area contributed by atoms with E-state index in [1.807, 2.05) is 61.5 Å². The van der Waals surface area contributed by atoms with Crippen LogP contribution in [-0.4, -0.2) is 23.0 Å². The highest BCUT2D eigenvalue weighted by atomic mass is 32.2. The molecular weight excluding hydrogens is 340 g/mol. The van der Waals surface area contributed by atoms with E-state index in [1.54, 1.807) is 11.8 Å². The maximum Gasteiger partial charge on any atom is 0.331 e. The van der Waals surface area contributed by atoms with Crippen molar-refractivity contribution in [1.82, 2.24) is 0 Å². The van der Waals surface area contributed by atoms with Gasteiger partial charge in [-0.25, -0.2) is 9.00 Å². The van der Waals surface area contributed by atoms with E-state index in [-0.39, 0.29) is 0 Å². The van der Waals surface area contributed by atoms with Crippen LogP contribution in [-0.2, 0) is 26.1 Å². The SMILES string of the molecule is COC(=O)/C=C(\CSCc1ccccc1)S(=O)c1ccc(C)cc1. The highest BCUT2D eigenvalue weighted by Crippen LogP contribution is 2.22. The number of rotatable bonds is 7. The fraction of sp³-hybridized carbons (Fsp3) is 0.211. The van der Waals surface area contributed by atoms with Crippen molar-refractivity contribution in [2.45, 2.75) is 17.6 Å². The summed E-state index contributed by atoms with van der Waals surface area (Å²) < 4.78 is 17.5. The van der Waals surface area contributed by atoms with E-state index in [1.165, 1.54) is 18.7 Å². The Bertz CT molecular complexity index is 722. The molecule has 24 heavy (non-hydrogen) atoms. The molecule has 0 radical (unpaired) electrons. The Morgan fingerprint density at radius 2 is 1.79 bits per heavy atom. The first kappa shape index (κ1) is 18.5. The second-order valence-corrected chi connectivity index (χ2v) is 7.71. The first-order chi connectivity index (χ1) is 11.6. The van der Waals surface area contributed by atoms with Gasteiger partial charge in [-0.2, -0.15) is 11.8 Å². The van der Waals surface area contributed by atoms with Crippen molar-refractivity contribution in [3.63, 3.8) is 0 Å². The van der Waals surface area contributed by atoms with Gasteiger partial charge < -0.3 is 4.74 Å². The van der Waals surface area contributed by atoms with Crippen molar-refractivity contribution >= 4 is 28.5 Å². The lowest BCUT2D eigenvalue weighted by Gasteiger charge is -2.08. The number of aryl methyl sites for hydroxylation is 1. The number of hydrogen-bond donors (Lipinski definition) is 0. The summed E-state index contributed by atoms with van der Waals surface area (Å²) >= 11 is 1.62. The topological polar surface area (TPSA) is 43.4 Å². The zero-order valence-corrected chi connectivity index (χ0v) is 15.4. The molecule has 3 nitrogen and oxygen atoms in total. The average Bonchev–Trinajstić information content (AvgIpc) is 2.61. The Balaban J connectivity index is 2.09. The first-order valence-corrected chi connectivity index (χ1v) is 9.79. The van der Waals surface area contributed by atoms with Gasteiger partial charge in [-0.15, -0.1) is 0 Å². The molecule has 0 saturated heterocycles. The summed E-state index contributed by atoms with van der Waals surface area (Å²) in [5.41, 5.74) is 2.30. The molecule has 0 saturated carbocycles. The van der Waals surface area contributed by atoms with Crippen LogP contribution in [0.25, 0.3) is 0 Å². The number of methoxy groups -OCH3 is 1. The summed E-state index contributed by atoms with van der Waals surface area (Å²) in [4.78, 5) is 12.9. The lowest BCUT2D eigenvalue weighted by atomic mass is 10.2. The minimum atomic E-state index is -1.37. The Labute approximate surface area is 149 Å². The van der Waals surface area contributed by atoms with Gasteiger partial charge in [0.2, 0.25) is 0 Å². The second kappa shape index (κ2) is 9.45. The molecule has 0 aliphatic rings. The number of esters is 1. The molecule has 0 aliphatic heterocycles. The first-order valence-electron chi connectivity index (χ1n) is 7.49. The van der Waals surface area contributed by atoms with Gasteiger partial charge in [0.05, 0.1) is 17.9 Å². The molecule has 0 bridgehead atoms. The molecule has 1 atom stereocenters. The minimum Gasteiger partial charge on any atom is -0.466 e. The Morgan fingerprint density at radius 1 is 1.12 bits per heavy atom. The molecule has 0 spiro atoms. The van der Waals surface area contributed by atoms with E-state index in [9.17, 15) is 9.00 Å². The molecule has 2 rings (SSSR count). The van der Waals surface area contributed by atoms with Crippen molar-refractivity contribution in [2.75, 3.05) is 12.9 Å². The minimum absolute atomic E-state index is 0.481. The number of thioether (sulfide) groups is 1. The molecule has 0 aromatic heterocycles. The maximum absolute atomic E-state index is 12.8. The second-order valence-electron chi connectivity index (χ2n) is 5.19. The number of carbonyl (C=O) groups is 1. The Morgan fingerprint density at radius 3 is 2.42 bits per heavy atom. The lowest BCUT2D eigenvalue weighted by molar-refractivity contribution is -0.134. The largest absolute Gasteiger partial charge is 0.466 e. The Hall–Kier alpha value is -1.85. The van der Waals surface area contributed by atoms with Crippen molar-refractivity contribution in [1.29, 1.82) is 0 Å². The molecule has 0 heterocycles. The normalized spacial score (nSPS) is 12.7. The van der Waals surface area contributed by atoms with Crippen LogP contribution in [0.3, 0.4) is 0 Å². The van der Waals surface area contributed by atoms with Crippen molar-refractivity contribution in [3.05, 3.63) is 76.7 Å². The molecule has 5 heteroatoms. The zero-order valence-electron chi connectivity index (χ0n) is 13.7. The molecule has 0 amide bonds. The molecule has 0 N–H and O–H groups in total. The van der Waals surface area contributed by atoms with E-state index in [0.717, 1.165) is 11.3 Å². The van der Waals surface area contributed by atoms with Gasteiger partial charge in [-0.3, -0.25) is 0 Å². The predicted octanol–water partition coefficient (Wildman–Crippen LogP) is 4.09. The fourth-order valence-corrected chi connectivity index (χ4v) is 4.38. The van der Waals surface area contributed by atoms with E-state index in [0.29, 0.717) is 15.6 Å². The maximum atomic E-state index is 12.8. The third-order valence-corrected chi connectivity index (χ3v) is 5.98. The van der Waals surface area contributed by atoms with Gasteiger partial charge in [0, 0.05) is 27.4 Å². The van der Waals surface area contributed by atoms with E-state index >= 15 is 0 Å². The molecule has 2 aromatic rings. The molecule has 0 aliphatic carbocycles. The van der Waals surface area contributed by atoms with Crippen LogP contribution in [0.5, 0.6) is 0 Å². The van der Waals surface area contributed by atoms with Crippen molar-refractivity contribution < 1.29 is 13.7 Å². The molecule has 2 aromatic carbocycles. The van der Waals surface area contributed by atoms with E-state index < -0.39 is 16.8 Å². The van der Waals surface area contributed by atoms with Crippen LogP contribution in [0.1, 0.15) is 11.1 Å². The molecular formula is C19H20O3S2. The van der Waals surface area contributed by atoms with E-state index in [2.05, 4.69) is 0 Å². The van der Waals surface area contributed by atoms with Crippen LogP contribution in [0.4, 0.5) is 0 Å². The number of hydrogen-bond acceptors (Lipinski definition) is 4. The van der Waals surface area contributed by atoms with Crippen molar-refractivity contribution in [3.8, 4) is 0 Å². The average molecular weight is 361 g/mol. The van der Waals surface area contributed by atoms with Gasteiger partial charge in [0.25, 0.3) is 0 Å². The van der Waals surface area contributed by atoms with Crippen LogP contribution in [0.2, 0.25) is 0 Å². The number of ether oxygens (including phenoxy) is 1. The van der Waals surface area contributed by atoms with Gasteiger partial charge in [0.15, 0.2) is 0 Å². The standard InChI is InChI=1S/C19H20O3S2/c1-15-8-10-17(11-9-15)24(21)18(12-19(20)22-2)14-23-13-16-6-4-3-5-7-16/h3-12H,13-14H2,1-2H3/b18-12+. The molecule has 0 fully saturated rings. The monoisotopic (exact) mass is 360 g/mol. The third-order valence-electron chi connectivity index (χ3n) is 3.31. The molecule has 126 valence electrons. The van der Waals surface area contributed by atoms with Gasteiger partial charge in [-0.1, -0.05) is 48.0 Å². The summed E-state index contributed by atoms with van der Waals surface area (Å²) in [6.45, 7) is 1.98. The summed E-state index contributed by atoms with van der Waals surface area (Å²) in [5, 5.41) is 0. The summed E-state index contributed by atoms with van der Waals surface area (Å²) in [6.07, 6.45) is 1.34. The highest BCUT2D eigenvalue weighted by molar-refractivity contribution is 8.00. The van der Waals surface area contributed by atoms with Crippen LogP contribution < -0.4 is 0 Å². The summed E-state index contributed by atoms with van der Waals surface area (Å²) in [5.74, 6) is 0.820. The summed E-state index contributed by atoms with van der Waals surface area (Å²) in [6, 6.07) is 17.6. The van der Waals surface area contributed by atoms with Crippen LogP contribution in [0.15, 0.2) is 70.5 Å². The van der Waals surface area contributed by atoms with Crippen LogP contribution >= 0.6 is 11.8 Å². The molecule has 1 unspecified atom stereocenters. The number of benzene rings is 2. The zero-order chi connectivity index (χ0) is 17.4. The smallest absolute Gasteiger partial charge is 0.331 e. The van der Waals surface area contributed by atoms with Gasteiger partial charge in [-0.05, 0) is 24.6 Å². The quantitative estimate of drug-likeness (QED) is 0.551. The predicted molar refractivity (Wildman–Crippen MR) is 100 cm³/mol. The van der Waals surface area contributed by atoms with Gasteiger partial charge >= 0.3 is 5.97 Å². The fourth-order valence-electron chi connectivity index (χ4n) is 2.00. The van der Waals surface area contributed by atoms with Crippen molar-refractivity contribution in [2.24, 2.45) is 0 Å². The summed E-state index contributed by atoms with van der Waals surface area (Å²) in [7, 11) is -0.0483.